The highest BCUT2D eigenvalue weighted by Gasteiger charge is 2.17. The van der Waals surface area contributed by atoms with Gasteiger partial charge in [-0.1, -0.05) is 0 Å². The number of hydrogen-bond donors (Lipinski definition) is 1. The number of rotatable bonds is 2. The Hall–Kier alpha value is -2.21. The van der Waals surface area contributed by atoms with Crippen LogP contribution < -0.4 is 0 Å². The van der Waals surface area contributed by atoms with Crippen molar-refractivity contribution in [2.45, 2.75) is 19.9 Å². The number of allylic oxidation sites excluding steroid dienone is 1. The number of aliphatic imine (C=N–C) groups is 1. The second kappa shape index (κ2) is 4.72. The van der Waals surface area contributed by atoms with E-state index in [1.54, 1.807) is 29.3 Å². The average Bonchev–Trinajstić information content (AvgIpc) is 2.93. The first-order chi connectivity index (χ1) is 9.58. The Labute approximate surface area is 120 Å². The van der Waals surface area contributed by atoms with Gasteiger partial charge in [-0.05, 0) is 38.2 Å². The zero-order valence-electron chi connectivity index (χ0n) is 11.1. The van der Waals surface area contributed by atoms with Gasteiger partial charge in [-0.25, -0.2) is 0 Å². The van der Waals surface area contributed by atoms with Gasteiger partial charge in [0, 0.05) is 35.8 Å². The molecule has 3 rings (SSSR count). The van der Waals surface area contributed by atoms with Gasteiger partial charge in [-0.15, -0.1) is 0 Å². The minimum Gasteiger partial charge on any atom is -0.492 e. The Kier molecular flexibility index (Phi) is 3.02. The average molecular weight is 287 g/mol. The summed E-state index contributed by atoms with van der Waals surface area (Å²) in [5.74, 6) is 0.366. The summed E-state index contributed by atoms with van der Waals surface area (Å²) in [7, 11) is 0. The molecular formula is C14H13N3O2S. The van der Waals surface area contributed by atoms with E-state index in [4.69, 9.17) is 16.6 Å². The van der Waals surface area contributed by atoms with E-state index in [0.29, 0.717) is 5.76 Å². The molecule has 2 aromatic rings. The molecule has 0 amide bonds. The molecule has 0 aliphatic carbocycles. The highest BCUT2D eigenvalue weighted by molar-refractivity contribution is 7.71. The summed E-state index contributed by atoms with van der Waals surface area (Å²) in [5, 5.41) is 10.2. The van der Waals surface area contributed by atoms with Crippen molar-refractivity contribution in [1.29, 1.82) is 0 Å². The van der Waals surface area contributed by atoms with Crippen molar-refractivity contribution in [2.24, 2.45) is 4.99 Å². The molecule has 1 aliphatic rings. The summed E-state index contributed by atoms with van der Waals surface area (Å²) < 4.78 is 7.02. The molecule has 0 atom stereocenters. The lowest BCUT2D eigenvalue weighted by Gasteiger charge is -2.05. The first-order valence-electron chi connectivity index (χ1n) is 6.22. The molecule has 1 N–H and O–H groups in total. The third kappa shape index (κ3) is 1.98. The molecule has 6 heteroatoms. The first-order valence-corrected chi connectivity index (χ1v) is 6.63. The van der Waals surface area contributed by atoms with Crippen LogP contribution in [0, 0.1) is 4.84 Å². The second-order valence-electron chi connectivity index (χ2n) is 4.77. The monoisotopic (exact) mass is 287 g/mol. The number of hydrogen-bond acceptors (Lipinski definition) is 5. The van der Waals surface area contributed by atoms with E-state index in [1.807, 2.05) is 19.9 Å². The van der Waals surface area contributed by atoms with E-state index in [-0.39, 0.29) is 16.8 Å². The minimum absolute atomic E-state index is 0.0308. The van der Waals surface area contributed by atoms with Gasteiger partial charge in [-0.3, -0.25) is 14.5 Å². The highest BCUT2D eigenvalue weighted by atomic mass is 32.1. The molecular weight excluding hydrogens is 274 g/mol. The maximum absolute atomic E-state index is 10.2. The molecule has 0 radical (unpaired) electrons. The molecule has 0 bridgehead atoms. The molecule has 0 saturated heterocycles. The van der Waals surface area contributed by atoms with Crippen molar-refractivity contribution in [1.82, 2.24) is 9.55 Å². The van der Waals surface area contributed by atoms with Crippen molar-refractivity contribution < 1.29 is 9.52 Å². The topological polar surface area (TPSA) is 63.5 Å². The molecule has 0 fully saturated rings. The summed E-state index contributed by atoms with van der Waals surface area (Å²) in [6.45, 7) is 3.86. The standard InChI is InChI=1S/C14H13N3O2S/c1-8(2)17-13(18)12(19-14(17)20)5-9-6-16-11-3-4-15-7-10(9)11/h3-8,18H,1-2H3/b9-5+. The van der Waals surface area contributed by atoms with Crippen molar-refractivity contribution in [3.05, 3.63) is 34.6 Å². The number of fused-ring (bicyclic) bond motifs is 1. The van der Waals surface area contributed by atoms with Crippen LogP contribution in [0.4, 0.5) is 5.69 Å². The molecule has 0 saturated carbocycles. The zero-order chi connectivity index (χ0) is 14.3. The van der Waals surface area contributed by atoms with Crippen molar-refractivity contribution in [3.8, 4) is 5.88 Å². The number of oxazole rings is 1. The fourth-order valence-electron chi connectivity index (χ4n) is 2.13. The van der Waals surface area contributed by atoms with Crippen LogP contribution in [-0.2, 0) is 0 Å². The smallest absolute Gasteiger partial charge is 0.272 e. The summed E-state index contributed by atoms with van der Waals surface area (Å²) in [5.41, 5.74) is 2.60. The Bertz CT molecular complexity index is 784. The van der Waals surface area contributed by atoms with Gasteiger partial charge in [0.2, 0.25) is 5.88 Å². The SMILES string of the molecule is CC(C)n1c(O)c(/C=C2\C=Nc3ccncc32)oc1=S. The summed E-state index contributed by atoms with van der Waals surface area (Å²) >= 11 is 5.12. The Morgan fingerprint density at radius 3 is 2.95 bits per heavy atom. The van der Waals surface area contributed by atoms with E-state index in [9.17, 15) is 5.11 Å². The Morgan fingerprint density at radius 2 is 2.25 bits per heavy atom. The molecule has 3 heterocycles. The van der Waals surface area contributed by atoms with E-state index in [2.05, 4.69) is 9.98 Å². The van der Waals surface area contributed by atoms with Crippen LogP contribution in [-0.4, -0.2) is 20.9 Å². The van der Waals surface area contributed by atoms with E-state index < -0.39 is 0 Å². The maximum atomic E-state index is 10.2. The lowest BCUT2D eigenvalue weighted by molar-refractivity contribution is 0.397. The van der Waals surface area contributed by atoms with Crippen LogP contribution in [0.3, 0.4) is 0 Å². The molecule has 5 nitrogen and oxygen atoms in total. The predicted molar refractivity (Wildman–Crippen MR) is 79.8 cm³/mol. The molecule has 0 aromatic carbocycles. The second-order valence-corrected chi connectivity index (χ2v) is 5.12. The Balaban J connectivity index is 2.10. The van der Waals surface area contributed by atoms with Gasteiger partial charge in [0.25, 0.3) is 4.84 Å². The molecule has 102 valence electrons. The number of nitrogens with zero attached hydrogens (tertiary/aromatic N) is 3. The van der Waals surface area contributed by atoms with E-state index in [0.717, 1.165) is 16.8 Å². The predicted octanol–water partition coefficient (Wildman–Crippen LogP) is 3.75. The summed E-state index contributed by atoms with van der Waals surface area (Å²) in [6, 6.07) is 1.87. The quantitative estimate of drug-likeness (QED) is 0.854. The molecule has 1 aliphatic heterocycles. The Morgan fingerprint density at radius 1 is 1.45 bits per heavy atom. The fraction of sp³-hybridized carbons (Fsp3) is 0.214. The van der Waals surface area contributed by atoms with Gasteiger partial charge < -0.3 is 9.52 Å². The van der Waals surface area contributed by atoms with Crippen LogP contribution in [0.2, 0.25) is 0 Å². The molecule has 0 unspecified atom stereocenters. The van der Waals surface area contributed by atoms with Crippen molar-refractivity contribution in [3.63, 3.8) is 0 Å². The third-order valence-electron chi connectivity index (χ3n) is 3.10. The number of aromatic hydroxyl groups is 1. The van der Waals surface area contributed by atoms with Crippen LogP contribution >= 0.6 is 12.2 Å². The van der Waals surface area contributed by atoms with Crippen molar-refractivity contribution in [2.75, 3.05) is 0 Å². The van der Waals surface area contributed by atoms with Gasteiger partial charge in [0.1, 0.15) is 0 Å². The van der Waals surface area contributed by atoms with E-state index >= 15 is 0 Å². The van der Waals surface area contributed by atoms with Gasteiger partial charge in [0.15, 0.2) is 5.76 Å². The first kappa shape index (κ1) is 12.8. The summed E-state index contributed by atoms with van der Waals surface area (Å²) in [6.07, 6.45) is 6.87. The van der Waals surface area contributed by atoms with Gasteiger partial charge in [0.05, 0.1) is 5.69 Å². The minimum atomic E-state index is 0.0308. The number of aromatic nitrogens is 2. The maximum Gasteiger partial charge on any atom is 0.272 e. The number of pyridine rings is 1. The molecule has 0 spiro atoms. The molecule has 2 aromatic heterocycles. The lowest BCUT2D eigenvalue weighted by Crippen LogP contribution is -1.99. The van der Waals surface area contributed by atoms with Crippen LogP contribution in [0.25, 0.3) is 11.6 Å². The largest absolute Gasteiger partial charge is 0.492 e. The lowest BCUT2D eigenvalue weighted by atomic mass is 10.1. The van der Waals surface area contributed by atoms with Crippen LogP contribution in [0.5, 0.6) is 5.88 Å². The van der Waals surface area contributed by atoms with Gasteiger partial charge >= 0.3 is 0 Å². The van der Waals surface area contributed by atoms with Crippen LogP contribution in [0.1, 0.15) is 31.2 Å². The van der Waals surface area contributed by atoms with E-state index in [1.165, 1.54) is 0 Å². The molecule has 20 heavy (non-hydrogen) atoms. The van der Waals surface area contributed by atoms with Crippen molar-refractivity contribution >= 4 is 35.8 Å². The zero-order valence-corrected chi connectivity index (χ0v) is 11.9. The normalized spacial score (nSPS) is 15.2. The highest BCUT2D eigenvalue weighted by Crippen LogP contribution is 2.34. The fourth-order valence-corrected chi connectivity index (χ4v) is 2.52. The van der Waals surface area contributed by atoms with Crippen LogP contribution in [0.15, 0.2) is 27.9 Å². The third-order valence-corrected chi connectivity index (χ3v) is 3.38. The summed E-state index contributed by atoms with van der Waals surface area (Å²) in [4.78, 5) is 8.62. The van der Waals surface area contributed by atoms with Gasteiger partial charge in [-0.2, -0.15) is 0 Å².